The number of aliphatic hydroxyl groups is 1. The highest BCUT2D eigenvalue weighted by Gasteiger charge is 2.68. The number of hydrogen-bond acceptors (Lipinski definition) is 2. The van der Waals surface area contributed by atoms with Gasteiger partial charge in [-0.15, -0.1) is 0 Å². The number of nitrogens with zero attached hydrogens (tertiary/aromatic N) is 1. The molecule has 2 aliphatic rings. The molecule has 1 aromatic heterocycles. The Kier molecular flexibility index (Phi) is 2.05. The summed E-state index contributed by atoms with van der Waals surface area (Å²) in [5.74, 6) is 0.637. The monoisotopic (exact) mass is 231 g/mol. The summed E-state index contributed by atoms with van der Waals surface area (Å²) in [7, 11) is 0. The van der Waals surface area contributed by atoms with Crippen LogP contribution in [-0.2, 0) is 5.60 Å². The molecular weight excluding hydrogens is 210 g/mol. The van der Waals surface area contributed by atoms with Crippen molar-refractivity contribution in [2.75, 3.05) is 0 Å². The van der Waals surface area contributed by atoms with Gasteiger partial charge in [0.1, 0.15) is 0 Å². The van der Waals surface area contributed by atoms with Gasteiger partial charge in [0, 0.05) is 23.4 Å². The molecule has 0 spiro atoms. The second-order valence-electron chi connectivity index (χ2n) is 6.60. The molecule has 0 saturated heterocycles. The standard InChI is InChI=1S/C15H21NO/c1-13(2)11-6-7-14(13,3)15(17,9-11)12-5-4-8-16-10-12/h4-5,8,10-11,17H,6-7,9H2,1-3H3/t11-,14-,15+/m1/s1. The Morgan fingerprint density at radius 2 is 2.12 bits per heavy atom. The molecular formula is C15H21NO. The zero-order chi connectivity index (χ0) is 12.3. The highest BCUT2D eigenvalue weighted by atomic mass is 16.3. The third-order valence-corrected chi connectivity index (χ3v) is 6.03. The maximum Gasteiger partial charge on any atom is 0.0972 e. The molecule has 0 aromatic carbocycles. The summed E-state index contributed by atoms with van der Waals surface area (Å²) in [6.45, 7) is 6.89. The van der Waals surface area contributed by atoms with E-state index in [2.05, 4.69) is 25.8 Å². The van der Waals surface area contributed by atoms with Gasteiger partial charge in [-0.25, -0.2) is 0 Å². The lowest BCUT2D eigenvalue weighted by molar-refractivity contribution is -0.0959. The minimum atomic E-state index is -0.687. The molecule has 2 heteroatoms. The highest BCUT2D eigenvalue weighted by molar-refractivity contribution is 5.29. The van der Waals surface area contributed by atoms with Gasteiger partial charge in [-0.2, -0.15) is 0 Å². The zero-order valence-electron chi connectivity index (χ0n) is 10.9. The van der Waals surface area contributed by atoms with Gasteiger partial charge in [0.15, 0.2) is 0 Å². The van der Waals surface area contributed by atoms with Gasteiger partial charge < -0.3 is 5.11 Å². The molecule has 1 N–H and O–H groups in total. The molecule has 1 aromatic rings. The number of fused-ring (bicyclic) bond motifs is 2. The highest BCUT2D eigenvalue weighted by Crippen LogP contribution is 2.72. The predicted molar refractivity (Wildman–Crippen MR) is 67.4 cm³/mol. The Bertz CT molecular complexity index is 441. The van der Waals surface area contributed by atoms with Gasteiger partial charge >= 0.3 is 0 Å². The van der Waals surface area contributed by atoms with E-state index in [-0.39, 0.29) is 10.8 Å². The maximum atomic E-state index is 11.2. The van der Waals surface area contributed by atoms with Crippen LogP contribution in [0, 0.1) is 16.7 Å². The molecule has 0 radical (unpaired) electrons. The summed E-state index contributed by atoms with van der Waals surface area (Å²) in [6, 6.07) is 3.95. The Balaban J connectivity index is 2.13. The van der Waals surface area contributed by atoms with E-state index >= 15 is 0 Å². The fraction of sp³-hybridized carbons (Fsp3) is 0.667. The molecule has 2 aliphatic carbocycles. The summed E-state index contributed by atoms with van der Waals surface area (Å²) >= 11 is 0. The molecule has 92 valence electrons. The molecule has 1 heterocycles. The van der Waals surface area contributed by atoms with Gasteiger partial charge in [0.25, 0.3) is 0 Å². The average molecular weight is 231 g/mol. The molecule has 3 atom stereocenters. The van der Waals surface area contributed by atoms with Crippen LogP contribution in [0.15, 0.2) is 24.5 Å². The van der Waals surface area contributed by atoms with Crippen molar-refractivity contribution in [1.29, 1.82) is 0 Å². The van der Waals surface area contributed by atoms with Gasteiger partial charge in [-0.1, -0.05) is 26.8 Å². The lowest BCUT2D eigenvalue weighted by Gasteiger charge is -2.45. The van der Waals surface area contributed by atoms with Gasteiger partial charge in [0.2, 0.25) is 0 Å². The fourth-order valence-corrected chi connectivity index (χ4v) is 4.32. The molecule has 3 rings (SSSR count). The second kappa shape index (κ2) is 3.11. The summed E-state index contributed by atoms with van der Waals surface area (Å²) in [5, 5.41) is 11.2. The van der Waals surface area contributed by atoms with Crippen LogP contribution in [0.4, 0.5) is 0 Å². The lowest BCUT2D eigenvalue weighted by Crippen LogP contribution is -2.44. The molecule has 2 bridgehead atoms. The third kappa shape index (κ3) is 1.12. The molecule has 0 aliphatic heterocycles. The van der Waals surface area contributed by atoms with Gasteiger partial charge in [0.05, 0.1) is 5.60 Å². The van der Waals surface area contributed by atoms with E-state index in [0.29, 0.717) is 5.92 Å². The minimum Gasteiger partial charge on any atom is -0.385 e. The second-order valence-corrected chi connectivity index (χ2v) is 6.60. The zero-order valence-corrected chi connectivity index (χ0v) is 10.9. The topological polar surface area (TPSA) is 33.1 Å². The normalized spacial score (nSPS) is 42.9. The van der Waals surface area contributed by atoms with Crippen LogP contribution in [-0.4, -0.2) is 10.1 Å². The predicted octanol–water partition coefficient (Wildman–Crippen LogP) is 3.12. The fourth-order valence-electron chi connectivity index (χ4n) is 4.32. The van der Waals surface area contributed by atoms with Gasteiger partial charge in [-0.05, 0) is 36.7 Å². The minimum absolute atomic E-state index is 0.0201. The van der Waals surface area contributed by atoms with Crippen LogP contribution >= 0.6 is 0 Å². The van der Waals surface area contributed by atoms with Crippen molar-refractivity contribution in [3.8, 4) is 0 Å². The number of aromatic nitrogens is 1. The summed E-state index contributed by atoms with van der Waals surface area (Å²) in [4.78, 5) is 4.18. The average Bonchev–Trinajstić information content (AvgIpc) is 2.62. The molecule has 2 saturated carbocycles. The molecule has 0 unspecified atom stereocenters. The van der Waals surface area contributed by atoms with Crippen LogP contribution in [0.1, 0.15) is 45.6 Å². The van der Waals surface area contributed by atoms with Crippen molar-refractivity contribution >= 4 is 0 Å². The van der Waals surface area contributed by atoms with Crippen molar-refractivity contribution < 1.29 is 5.11 Å². The molecule has 17 heavy (non-hydrogen) atoms. The first kappa shape index (κ1) is 11.2. The van der Waals surface area contributed by atoms with Gasteiger partial charge in [-0.3, -0.25) is 4.98 Å². The van der Waals surface area contributed by atoms with Crippen molar-refractivity contribution in [2.45, 2.75) is 45.6 Å². The maximum absolute atomic E-state index is 11.2. The van der Waals surface area contributed by atoms with E-state index in [1.807, 2.05) is 18.3 Å². The quantitative estimate of drug-likeness (QED) is 0.805. The van der Waals surface area contributed by atoms with E-state index in [1.165, 1.54) is 6.42 Å². The number of rotatable bonds is 1. The smallest absolute Gasteiger partial charge is 0.0972 e. The third-order valence-electron chi connectivity index (χ3n) is 6.03. The van der Waals surface area contributed by atoms with Crippen molar-refractivity contribution in [3.05, 3.63) is 30.1 Å². The Morgan fingerprint density at radius 3 is 2.59 bits per heavy atom. The van der Waals surface area contributed by atoms with Crippen LogP contribution in [0.5, 0.6) is 0 Å². The van der Waals surface area contributed by atoms with Crippen molar-refractivity contribution in [1.82, 2.24) is 4.98 Å². The molecule has 2 fully saturated rings. The first-order valence-corrected chi connectivity index (χ1v) is 6.55. The molecule has 2 nitrogen and oxygen atoms in total. The van der Waals surface area contributed by atoms with E-state index < -0.39 is 5.60 Å². The summed E-state index contributed by atoms with van der Waals surface area (Å²) in [6.07, 6.45) is 6.87. The van der Waals surface area contributed by atoms with Crippen LogP contribution in [0.3, 0.4) is 0 Å². The SMILES string of the molecule is CC1(C)[C@@H]2CC[C@@]1(C)[C@@](O)(c1cccnc1)C2. The Labute approximate surface area is 103 Å². The first-order chi connectivity index (χ1) is 7.92. The van der Waals surface area contributed by atoms with E-state index in [0.717, 1.165) is 18.4 Å². The molecule has 0 amide bonds. The number of pyridine rings is 1. The first-order valence-electron chi connectivity index (χ1n) is 6.55. The van der Waals surface area contributed by atoms with E-state index in [1.54, 1.807) is 6.20 Å². The van der Waals surface area contributed by atoms with Crippen molar-refractivity contribution in [2.24, 2.45) is 16.7 Å². The van der Waals surface area contributed by atoms with E-state index in [4.69, 9.17) is 0 Å². The van der Waals surface area contributed by atoms with Crippen molar-refractivity contribution in [3.63, 3.8) is 0 Å². The largest absolute Gasteiger partial charge is 0.385 e. The lowest BCUT2D eigenvalue weighted by atomic mass is 9.62. The Hall–Kier alpha value is -0.890. The van der Waals surface area contributed by atoms with Crippen LogP contribution in [0.25, 0.3) is 0 Å². The Morgan fingerprint density at radius 1 is 1.35 bits per heavy atom. The van der Waals surface area contributed by atoms with Crippen LogP contribution < -0.4 is 0 Å². The number of hydrogen-bond donors (Lipinski definition) is 1. The summed E-state index contributed by atoms with van der Waals surface area (Å²) in [5.41, 5.74) is 0.511. The van der Waals surface area contributed by atoms with Crippen LogP contribution in [0.2, 0.25) is 0 Å². The van der Waals surface area contributed by atoms with E-state index in [9.17, 15) is 5.11 Å². The summed E-state index contributed by atoms with van der Waals surface area (Å²) < 4.78 is 0.